The average molecular weight is 637 g/mol. The first kappa shape index (κ1) is 28.3. The second-order valence-electron chi connectivity index (χ2n) is 12.7. The van der Waals surface area contributed by atoms with Gasteiger partial charge in [0.25, 0.3) is 0 Å². The Morgan fingerprint density at radius 2 is 0.980 bits per heavy atom. The fraction of sp³-hybridized carbons (Fsp3) is 0. The predicted molar refractivity (Wildman–Crippen MR) is 207 cm³/mol. The monoisotopic (exact) mass is 636 g/mol. The van der Waals surface area contributed by atoms with Crippen molar-refractivity contribution in [2.45, 2.75) is 0 Å². The van der Waals surface area contributed by atoms with E-state index in [1.165, 1.54) is 27.1 Å². The molecule has 0 amide bonds. The molecule has 0 aliphatic carbocycles. The Labute approximate surface area is 288 Å². The standard InChI is InChI=1S/C46H28N4/c1-2-12-43-38(9-1)44(39-20-17-30-8-7-23-49-45(30)46(39)50-43)33-16-14-29-13-15-32-24-31(18-19-37(32)40(29)28-33)34-25-35(41-10-3-5-21-47-41)27-36(26-34)42-11-4-6-22-48-42/h1-28H. The molecular formula is C46H28N4. The summed E-state index contributed by atoms with van der Waals surface area (Å²) in [6, 6.07) is 53.7. The van der Waals surface area contributed by atoms with E-state index in [1.54, 1.807) is 0 Å². The highest BCUT2D eigenvalue weighted by Gasteiger charge is 2.16. The lowest BCUT2D eigenvalue weighted by molar-refractivity contribution is 1.31. The molecule has 0 radical (unpaired) electrons. The van der Waals surface area contributed by atoms with Gasteiger partial charge in [0.15, 0.2) is 0 Å². The molecule has 4 nitrogen and oxygen atoms in total. The number of hydrogen-bond donors (Lipinski definition) is 0. The number of rotatable bonds is 4. The molecule has 0 N–H and O–H groups in total. The van der Waals surface area contributed by atoms with Crippen LogP contribution in [0.3, 0.4) is 0 Å². The van der Waals surface area contributed by atoms with Gasteiger partial charge in [0.2, 0.25) is 0 Å². The molecule has 0 unspecified atom stereocenters. The summed E-state index contributed by atoms with van der Waals surface area (Å²) < 4.78 is 0. The van der Waals surface area contributed by atoms with Gasteiger partial charge in [-0.25, -0.2) is 4.98 Å². The van der Waals surface area contributed by atoms with Gasteiger partial charge in [-0.15, -0.1) is 0 Å². The number of aromatic nitrogens is 4. The first-order chi connectivity index (χ1) is 24.8. The topological polar surface area (TPSA) is 51.6 Å². The van der Waals surface area contributed by atoms with Crippen LogP contribution in [0.1, 0.15) is 0 Å². The third kappa shape index (κ3) is 4.69. The quantitative estimate of drug-likeness (QED) is 0.142. The van der Waals surface area contributed by atoms with Crippen LogP contribution in [0, 0.1) is 0 Å². The molecule has 0 saturated heterocycles. The minimum Gasteiger partial charge on any atom is -0.256 e. The molecule has 232 valence electrons. The summed E-state index contributed by atoms with van der Waals surface area (Å²) in [5.74, 6) is 0. The maximum absolute atomic E-state index is 5.12. The smallest absolute Gasteiger partial charge is 0.0978 e. The molecule has 50 heavy (non-hydrogen) atoms. The fourth-order valence-corrected chi connectivity index (χ4v) is 7.36. The normalized spacial score (nSPS) is 11.6. The molecular weight excluding hydrogens is 609 g/mol. The first-order valence-corrected chi connectivity index (χ1v) is 16.8. The Bertz CT molecular complexity index is 2860. The Morgan fingerprint density at radius 1 is 0.320 bits per heavy atom. The Hall–Kier alpha value is -6.78. The third-order valence-electron chi connectivity index (χ3n) is 9.74. The van der Waals surface area contributed by atoms with Gasteiger partial charge in [-0.1, -0.05) is 84.9 Å². The summed E-state index contributed by atoms with van der Waals surface area (Å²) in [6.45, 7) is 0. The van der Waals surface area contributed by atoms with E-state index in [0.29, 0.717) is 0 Å². The zero-order chi connectivity index (χ0) is 33.0. The summed E-state index contributed by atoms with van der Waals surface area (Å²) in [7, 11) is 0. The van der Waals surface area contributed by atoms with E-state index >= 15 is 0 Å². The Kier molecular flexibility index (Phi) is 6.46. The van der Waals surface area contributed by atoms with Gasteiger partial charge in [-0.3, -0.25) is 15.0 Å². The Morgan fingerprint density at radius 3 is 1.78 bits per heavy atom. The second kappa shape index (κ2) is 11.4. The van der Waals surface area contributed by atoms with Crippen LogP contribution in [0.5, 0.6) is 0 Å². The van der Waals surface area contributed by atoms with Crippen molar-refractivity contribution >= 4 is 54.3 Å². The van der Waals surface area contributed by atoms with Crippen molar-refractivity contribution in [3.05, 3.63) is 170 Å². The van der Waals surface area contributed by atoms with Crippen molar-refractivity contribution < 1.29 is 0 Å². The average Bonchev–Trinajstić information content (AvgIpc) is 3.20. The van der Waals surface area contributed by atoms with Crippen LogP contribution in [-0.2, 0) is 0 Å². The predicted octanol–water partition coefficient (Wildman–Crippen LogP) is 11.7. The molecule has 10 aromatic rings. The summed E-state index contributed by atoms with van der Waals surface area (Å²) in [5, 5.41) is 8.16. The van der Waals surface area contributed by atoms with Gasteiger partial charge in [-0.05, 0) is 105 Å². The van der Waals surface area contributed by atoms with Crippen LogP contribution >= 0.6 is 0 Å². The highest BCUT2D eigenvalue weighted by Crippen LogP contribution is 2.40. The van der Waals surface area contributed by atoms with Crippen molar-refractivity contribution in [2.75, 3.05) is 0 Å². The lowest BCUT2D eigenvalue weighted by Gasteiger charge is -2.14. The van der Waals surface area contributed by atoms with Gasteiger partial charge < -0.3 is 0 Å². The van der Waals surface area contributed by atoms with Gasteiger partial charge in [-0.2, -0.15) is 0 Å². The summed E-state index contributed by atoms with van der Waals surface area (Å²) in [6.07, 6.45) is 5.53. The van der Waals surface area contributed by atoms with Crippen LogP contribution in [0.4, 0.5) is 0 Å². The number of hydrogen-bond acceptors (Lipinski definition) is 4. The van der Waals surface area contributed by atoms with E-state index in [-0.39, 0.29) is 0 Å². The first-order valence-electron chi connectivity index (χ1n) is 16.8. The molecule has 0 aliphatic heterocycles. The lowest BCUT2D eigenvalue weighted by atomic mass is 9.91. The van der Waals surface area contributed by atoms with Crippen molar-refractivity contribution in [3.8, 4) is 44.8 Å². The Balaban J connectivity index is 1.16. The molecule has 0 saturated carbocycles. The molecule has 0 fully saturated rings. The maximum Gasteiger partial charge on any atom is 0.0978 e. The van der Waals surface area contributed by atoms with Crippen molar-refractivity contribution in [1.29, 1.82) is 0 Å². The highest BCUT2D eigenvalue weighted by molar-refractivity contribution is 6.17. The lowest BCUT2D eigenvalue weighted by Crippen LogP contribution is -1.92. The summed E-state index contributed by atoms with van der Waals surface area (Å²) >= 11 is 0. The molecule has 4 heterocycles. The van der Waals surface area contributed by atoms with E-state index in [4.69, 9.17) is 9.97 Å². The van der Waals surface area contributed by atoms with E-state index in [9.17, 15) is 0 Å². The van der Waals surface area contributed by atoms with Crippen molar-refractivity contribution in [2.24, 2.45) is 0 Å². The van der Waals surface area contributed by atoms with Crippen molar-refractivity contribution in [1.82, 2.24) is 19.9 Å². The van der Waals surface area contributed by atoms with Crippen LogP contribution in [0.25, 0.3) is 99.0 Å². The van der Waals surface area contributed by atoms with E-state index < -0.39 is 0 Å². The largest absolute Gasteiger partial charge is 0.256 e. The van der Waals surface area contributed by atoms with Crippen LogP contribution < -0.4 is 0 Å². The van der Waals surface area contributed by atoms with Crippen LogP contribution in [0.2, 0.25) is 0 Å². The van der Waals surface area contributed by atoms with Crippen LogP contribution in [0.15, 0.2) is 170 Å². The van der Waals surface area contributed by atoms with Gasteiger partial charge in [0.05, 0.1) is 27.9 Å². The van der Waals surface area contributed by atoms with Crippen LogP contribution in [-0.4, -0.2) is 19.9 Å². The number of nitrogens with zero attached hydrogens (tertiary/aromatic N) is 4. The number of para-hydroxylation sites is 1. The molecule has 4 aromatic heterocycles. The van der Waals surface area contributed by atoms with E-state index in [1.807, 2.05) is 48.9 Å². The molecule has 10 rings (SSSR count). The number of pyridine rings is 4. The summed E-state index contributed by atoms with van der Waals surface area (Å²) in [5.41, 5.74) is 11.4. The maximum atomic E-state index is 5.12. The minimum absolute atomic E-state index is 0.925. The zero-order valence-corrected chi connectivity index (χ0v) is 27.0. The molecule has 0 bridgehead atoms. The second-order valence-corrected chi connectivity index (χ2v) is 12.7. The SMILES string of the molecule is c1ccc(-c2cc(-c3ccc4c(ccc5ccc(-c6c7ccccc7nc7c6ccc6cccnc67)cc54)c3)cc(-c3ccccn3)c2)nc1. The van der Waals surface area contributed by atoms with Gasteiger partial charge in [0, 0.05) is 51.4 Å². The highest BCUT2D eigenvalue weighted by atomic mass is 14.7. The fourth-order valence-electron chi connectivity index (χ4n) is 7.36. The molecule has 0 atom stereocenters. The molecule has 0 aliphatic rings. The molecule has 4 heteroatoms. The van der Waals surface area contributed by atoms with Gasteiger partial charge in [0.1, 0.15) is 0 Å². The van der Waals surface area contributed by atoms with E-state index in [2.05, 4.69) is 131 Å². The molecule has 6 aromatic carbocycles. The van der Waals surface area contributed by atoms with E-state index in [0.717, 1.165) is 71.9 Å². The zero-order valence-electron chi connectivity index (χ0n) is 27.0. The number of fused-ring (bicyclic) bond motifs is 7. The van der Waals surface area contributed by atoms with Gasteiger partial charge >= 0.3 is 0 Å². The number of benzene rings is 6. The summed E-state index contributed by atoms with van der Waals surface area (Å²) in [4.78, 5) is 19.2. The third-order valence-corrected chi connectivity index (χ3v) is 9.74. The van der Waals surface area contributed by atoms with Crippen molar-refractivity contribution in [3.63, 3.8) is 0 Å². The molecule has 0 spiro atoms. The minimum atomic E-state index is 0.925.